The van der Waals surface area contributed by atoms with Crippen LogP contribution >= 0.6 is 35.4 Å². The normalized spacial score (nSPS) is 10.9. The smallest absolute Gasteiger partial charge is 0.104 e. The zero-order valence-electron chi connectivity index (χ0n) is 11.6. The number of thiocarbonyl (C=S) groups is 1. The fraction of sp³-hybridized carbons (Fsp3) is 0.188. The molecule has 0 aliphatic rings. The van der Waals surface area contributed by atoms with Crippen molar-refractivity contribution in [1.82, 2.24) is 4.90 Å². The largest absolute Gasteiger partial charge is 0.389 e. The molecule has 5 heteroatoms. The van der Waals surface area contributed by atoms with Crippen molar-refractivity contribution in [2.45, 2.75) is 13.1 Å². The highest BCUT2D eigenvalue weighted by molar-refractivity contribution is 7.80. The Labute approximate surface area is 140 Å². The molecular formula is C16H16Cl2N2S. The van der Waals surface area contributed by atoms with Crippen LogP contribution in [0.4, 0.5) is 0 Å². The molecular weight excluding hydrogens is 323 g/mol. The van der Waals surface area contributed by atoms with Crippen molar-refractivity contribution in [3.8, 4) is 0 Å². The third kappa shape index (κ3) is 4.68. The molecule has 0 saturated carbocycles. The average Bonchev–Trinajstić information content (AvgIpc) is 2.43. The summed E-state index contributed by atoms with van der Waals surface area (Å²) in [5.41, 5.74) is 8.65. The van der Waals surface area contributed by atoms with Gasteiger partial charge in [0.1, 0.15) is 4.99 Å². The Hall–Kier alpha value is -1.13. The Morgan fingerprint density at radius 1 is 1.10 bits per heavy atom. The van der Waals surface area contributed by atoms with E-state index < -0.39 is 0 Å². The number of hydrogen-bond donors (Lipinski definition) is 1. The van der Waals surface area contributed by atoms with Crippen LogP contribution in [0.1, 0.15) is 16.7 Å². The molecule has 0 atom stereocenters. The van der Waals surface area contributed by atoms with Crippen LogP contribution in [0, 0.1) is 0 Å². The van der Waals surface area contributed by atoms with E-state index in [0.717, 1.165) is 29.2 Å². The highest BCUT2D eigenvalue weighted by Gasteiger charge is 2.07. The van der Waals surface area contributed by atoms with Crippen molar-refractivity contribution >= 4 is 40.4 Å². The van der Waals surface area contributed by atoms with Gasteiger partial charge < -0.3 is 5.73 Å². The van der Waals surface area contributed by atoms with Crippen LogP contribution in [0.3, 0.4) is 0 Å². The summed E-state index contributed by atoms with van der Waals surface area (Å²) < 4.78 is 0. The number of halogens is 2. The summed E-state index contributed by atoms with van der Waals surface area (Å²) in [4.78, 5) is 2.54. The van der Waals surface area contributed by atoms with Gasteiger partial charge in [-0.1, -0.05) is 59.7 Å². The van der Waals surface area contributed by atoms with Crippen molar-refractivity contribution in [3.63, 3.8) is 0 Å². The number of rotatable bonds is 5. The minimum Gasteiger partial charge on any atom is -0.389 e. The molecule has 110 valence electrons. The summed E-state index contributed by atoms with van der Waals surface area (Å²) in [6, 6.07) is 13.5. The first-order valence-corrected chi connectivity index (χ1v) is 7.63. The van der Waals surface area contributed by atoms with Gasteiger partial charge in [0.05, 0.1) is 0 Å². The van der Waals surface area contributed by atoms with E-state index in [1.54, 1.807) is 0 Å². The van der Waals surface area contributed by atoms with Crippen LogP contribution in [0.25, 0.3) is 0 Å². The van der Waals surface area contributed by atoms with E-state index in [1.807, 2.05) is 49.5 Å². The second-order valence-corrected chi connectivity index (χ2v) is 6.25. The first-order chi connectivity index (χ1) is 9.95. The Bertz CT molecular complexity index is 641. The molecule has 0 saturated heterocycles. The zero-order valence-corrected chi connectivity index (χ0v) is 14.0. The minimum absolute atomic E-state index is 0.359. The van der Waals surface area contributed by atoms with Crippen LogP contribution in [0.5, 0.6) is 0 Å². The van der Waals surface area contributed by atoms with Crippen molar-refractivity contribution in [2.24, 2.45) is 5.73 Å². The lowest BCUT2D eigenvalue weighted by Crippen LogP contribution is -2.17. The molecule has 2 rings (SSSR count). The summed E-state index contributed by atoms with van der Waals surface area (Å²) in [5.74, 6) is 0. The van der Waals surface area contributed by atoms with Gasteiger partial charge in [0.15, 0.2) is 0 Å². The summed E-state index contributed by atoms with van der Waals surface area (Å²) in [6.07, 6.45) is 0. The molecule has 0 heterocycles. The fourth-order valence-corrected chi connectivity index (χ4v) is 2.57. The summed E-state index contributed by atoms with van der Waals surface area (Å²) in [7, 11) is 2.05. The summed E-state index contributed by atoms with van der Waals surface area (Å²) in [6.45, 7) is 1.57. The van der Waals surface area contributed by atoms with Gasteiger partial charge in [-0.15, -0.1) is 0 Å². The molecule has 0 radical (unpaired) electrons. The van der Waals surface area contributed by atoms with E-state index in [2.05, 4.69) is 4.90 Å². The highest BCUT2D eigenvalue weighted by Crippen LogP contribution is 2.20. The topological polar surface area (TPSA) is 29.3 Å². The molecule has 0 fully saturated rings. The van der Waals surface area contributed by atoms with Gasteiger partial charge in [-0.25, -0.2) is 0 Å². The van der Waals surface area contributed by atoms with Gasteiger partial charge in [-0.2, -0.15) is 0 Å². The maximum Gasteiger partial charge on any atom is 0.104 e. The van der Waals surface area contributed by atoms with Crippen LogP contribution in [-0.4, -0.2) is 16.9 Å². The highest BCUT2D eigenvalue weighted by atomic mass is 35.5. The molecule has 2 nitrogen and oxygen atoms in total. The molecule has 0 unspecified atom stereocenters. The summed E-state index contributed by atoms with van der Waals surface area (Å²) in [5, 5.41) is 1.43. The Morgan fingerprint density at radius 2 is 1.76 bits per heavy atom. The molecule has 2 aromatic carbocycles. The predicted molar refractivity (Wildman–Crippen MR) is 94.0 cm³/mol. The van der Waals surface area contributed by atoms with Crippen molar-refractivity contribution in [3.05, 3.63) is 69.2 Å². The molecule has 0 amide bonds. The van der Waals surface area contributed by atoms with Gasteiger partial charge >= 0.3 is 0 Å². The molecule has 2 N–H and O–H groups in total. The molecule has 0 aliphatic heterocycles. The Morgan fingerprint density at radius 3 is 2.33 bits per heavy atom. The molecule has 0 bridgehead atoms. The third-order valence-corrected chi connectivity index (χ3v) is 3.98. The second kappa shape index (κ2) is 7.23. The van der Waals surface area contributed by atoms with Crippen molar-refractivity contribution in [2.75, 3.05) is 7.05 Å². The van der Waals surface area contributed by atoms with Gasteiger partial charge in [0.2, 0.25) is 0 Å². The maximum absolute atomic E-state index is 6.28. The number of benzene rings is 2. The quantitative estimate of drug-likeness (QED) is 0.826. The SMILES string of the molecule is CN(Cc1ccc(Cl)cc1)Cc1ccc(C(N)=S)cc1Cl. The molecule has 2 aromatic rings. The van der Waals surface area contributed by atoms with Crippen molar-refractivity contribution < 1.29 is 0 Å². The minimum atomic E-state index is 0.359. The van der Waals surface area contributed by atoms with Gasteiger partial charge in [-0.05, 0) is 36.4 Å². The molecule has 21 heavy (non-hydrogen) atoms. The third-order valence-electron chi connectivity index (χ3n) is 3.14. The lowest BCUT2D eigenvalue weighted by atomic mass is 10.1. The molecule has 0 aliphatic carbocycles. The van der Waals surface area contributed by atoms with E-state index in [1.165, 1.54) is 5.56 Å². The Balaban J connectivity index is 2.04. The van der Waals surface area contributed by atoms with Gasteiger partial charge in [0, 0.05) is 28.7 Å². The molecule has 0 spiro atoms. The number of nitrogens with two attached hydrogens (primary N) is 1. The van der Waals surface area contributed by atoms with Crippen molar-refractivity contribution in [1.29, 1.82) is 0 Å². The molecule has 0 aromatic heterocycles. The van der Waals surface area contributed by atoms with E-state index in [9.17, 15) is 0 Å². The Kier molecular flexibility index (Phi) is 5.59. The average molecular weight is 339 g/mol. The lowest BCUT2D eigenvalue weighted by molar-refractivity contribution is 0.319. The van der Waals surface area contributed by atoms with Crippen LogP contribution < -0.4 is 5.73 Å². The van der Waals surface area contributed by atoms with Gasteiger partial charge in [-0.3, -0.25) is 4.90 Å². The second-order valence-electron chi connectivity index (χ2n) is 4.97. The van der Waals surface area contributed by atoms with Gasteiger partial charge in [0.25, 0.3) is 0 Å². The number of nitrogens with zero attached hydrogens (tertiary/aromatic N) is 1. The van der Waals surface area contributed by atoms with Crippen LogP contribution in [0.2, 0.25) is 10.0 Å². The zero-order chi connectivity index (χ0) is 15.4. The van der Waals surface area contributed by atoms with Crippen LogP contribution in [0.15, 0.2) is 42.5 Å². The first kappa shape index (κ1) is 16.2. The van der Waals surface area contributed by atoms with E-state index in [0.29, 0.717) is 10.0 Å². The van der Waals surface area contributed by atoms with E-state index in [4.69, 9.17) is 41.2 Å². The first-order valence-electron chi connectivity index (χ1n) is 6.47. The van der Waals surface area contributed by atoms with E-state index in [-0.39, 0.29) is 0 Å². The number of hydrogen-bond acceptors (Lipinski definition) is 2. The standard InChI is InChI=1S/C16H16Cl2N2S/c1-20(9-11-2-6-14(17)7-3-11)10-13-5-4-12(16(19)21)8-15(13)18/h2-8H,9-10H2,1H3,(H2,19,21). The lowest BCUT2D eigenvalue weighted by Gasteiger charge is -2.18. The summed E-state index contributed by atoms with van der Waals surface area (Å²) >= 11 is 17.1. The maximum atomic E-state index is 6.28. The fourth-order valence-electron chi connectivity index (χ4n) is 2.08. The van der Waals surface area contributed by atoms with Crippen LogP contribution in [-0.2, 0) is 13.1 Å². The van der Waals surface area contributed by atoms with E-state index >= 15 is 0 Å². The monoisotopic (exact) mass is 338 g/mol. The predicted octanol–water partition coefficient (Wildman–Crippen LogP) is 4.26.